The Labute approximate surface area is 136 Å². The molecule has 0 spiro atoms. The fraction of sp³-hybridized carbons (Fsp3) is 0.462. The number of fused-ring (bicyclic) bond motifs is 1. The van der Waals surface area contributed by atoms with Gasteiger partial charge in [-0.2, -0.15) is 0 Å². The highest BCUT2D eigenvalue weighted by atomic mass is 35.5. The summed E-state index contributed by atoms with van der Waals surface area (Å²) in [6.45, 7) is -0.240. The quantitative estimate of drug-likeness (QED) is 0.754. The molecule has 0 saturated carbocycles. The lowest BCUT2D eigenvalue weighted by Gasteiger charge is -2.24. The maximum Gasteiger partial charge on any atom is 0.165 e. The fourth-order valence-electron chi connectivity index (χ4n) is 2.68. The molecule has 2 heterocycles. The molecule has 2 fully saturated rings. The molecular formula is C13H14Cl2N2O3S. The van der Waals surface area contributed by atoms with E-state index >= 15 is 0 Å². The summed E-state index contributed by atoms with van der Waals surface area (Å²) < 4.78 is 0. The third-order valence-electron chi connectivity index (χ3n) is 3.77. The van der Waals surface area contributed by atoms with Gasteiger partial charge in [0.15, 0.2) is 5.17 Å². The summed E-state index contributed by atoms with van der Waals surface area (Å²) in [7, 11) is 0. The molecule has 0 amide bonds. The number of amidine groups is 1. The average Bonchev–Trinajstić information content (AvgIpc) is 2.96. The summed E-state index contributed by atoms with van der Waals surface area (Å²) in [6.07, 6.45) is -1.85. The fourth-order valence-corrected chi connectivity index (χ4v) is 4.24. The lowest BCUT2D eigenvalue weighted by molar-refractivity contribution is 0.0206. The first-order valence-corrected chi connectivity index (χ1v) is 8.19. The Bertz CT molecular complexity index is 585. The third-order valence-corrected chi connectivity index (χ3v) is 5.58. The molecule has 8 heteroatoms. The van der Waals surface area contributed by atoms with Crippen molar-refractivity contribution in [1.82, 2.24) is 4.90 Å². The highest BCUT2D eigenvalue weighted by Gasteiger charge is 2.51. The van der Waals surface area contributed by atoms with Crippen LogP contribution < -0.4 is 0 Å². The standard InChI is InChI=1S/C13H14Cl2N2O3S/c14-7-2-1-6(3-8(7)15)16-13-17-9(4-18)11(19)12(20)10(17)5-21-13/h1-3,9-12,18-20H,4-5H2/t9-,10-,11-,12-/m0/s1. The molecule has 0 unspecified atom stereocenters. The van der Waals surface area contributed by atoms with Crippen LogP contribution in [-0.2, 0) is 0 Å². The molecule has 5 nitrogen and oxygen atoms in total. The summed E-state index contributed by atoms with van der Waals surface area (Å²) in [5.74, 6) is 0.620. The topological polar surface area (TPSA) is 76.3 Å². The number of halogens is 2. The van der Waals surface area contributed by atoms with E-state index in [1.54, 1.807) is 23.1 Å². The van der Waals surface area contributed by atoms with Crippen molar-refractivity contribution < 1.29 is 15.3 Å². The molecule has 2 aliphatic heterocycles. The molecule has 0 aromatic heterocycles. The molecule has 4 atom stereocenters. The maximum atomic E-state index is 10.0. The van der Waals surface area contributed by atoms with Crippen LogP contribution in [0.1, 0.15) is 0 Å². The van der Waals surface area contributed by atoms with Crippen LogP contribution in [0.3, 0.4) is 0 Å². The van der Waals surface area contributed by atoms with Crippen LogP contribution in [-0.4, -0.2) is 62.0 Å². The second kappa shape index (κ2) is 5.95. The van der Waals surface area contributed by atoms with Crippen molar-refractivity contribution >= 4 is 45.8 Å². The number of benzene rings is 1. The number of aliphatic hydroxyl groups is 3. The van der Waals surface area contributed by atoms with Gasteiger partial charge in [-0.05, 0) is 18.2 Å². The molecule has 114 valence electrons. The van der Waals surface area contributed by atoms with Crippen LogP contribution in [0.25, 0.3) is 0 Å². The number of hydrogen-bond acceptors (Lipinski definition) is 5. The van der Waals surface area contributed by atoms with Gasteiger partial charge in [0.2, 0.25) is 0 Å². The van der Waals surface area contributed by atoms with E-state index < -0.39 is 18.2 Å². The third kappa shape index (κ3) is 2.65. The van der Waals surface area contributed by atoms with Crippen molar-refractivity contribution in [2.24, 2.45) is 4.99 Å². The van der Waals surface area contributed by atoms with Gasteiger partial charge in [-0.25, -0.2) is 4.99 Å². The highest BCUT2D eigenvalue weighted by Crippen LogP contribution is 2.38. The monoisotopic (exact) mass is 348 g/mol. The molecule has 2 saturated heterocycles. The molecule has 3 rings (SSSR count). The van der Waals surface area contributed by atoms with Gasteiger partial charge in [0, 0.05) is 5.75 Å². The first kappa shape index (κ1) is 15.4. The molecule has 21 heavy (non-hydrogen) atoms. The van der Waals surface area contributed by atoms with Gasteiger partial charge in [-0.3, -0.25) is 0 Å². The minimum absolute atomic E-state index is 0.233. The van der Waals surface area contributed by atoms with Gasteiger partial charge >= 0.3 is 0 Å². The van der Waals surface area contributed by atoms with E-state index in [0.717, 1.165) is 0 Å². The van der Waals surface area contributed by atoms with E-state index in [2.05, 4.69) is 4.99 Å². The lowest BCUT2D eigenvalue weighted by Crippen LogP contribution is -2.41. The zero-order valence-corrected chi connectivity index (χ0v) is 13.2. The van der Waals surface area contributed by atoms with E-state index in [9.17, 15) is 15.3 Å². The predicted molar refractivity (Wildman–Crippen MR) is 84.5 cm³/mol. The van der Waals surface area contributed by atoms with Gasteiger partial charge in [0.1, 0.15) is 12.2 Å². The Morgan fingerprint density at radius 3 is 2.67 bits per heavy atom. The summed E-state index contributed by atoms with van der Waals surface area (Å²) in [5.41, 5.74) is 0.639. The van der Waals surface area contributed by atoms with Crippen LogP contribution in [0.2, 0.25) is 10.0 Å². The summed E-state index contributed by atoms with van der Waals surface area (Å²) in [5, 5.41) is 31.0. The van der Waals surface area contributed by atoms with Crippen molar-refractivity contribution in [3.05, 3.63) is 28.2 Å². The van der Waals surface area contributed by atoms with E-state index in [-0.39, 0.29) is 12.6 Å². The second-order valence-electron chi connectivity index (χ2n) is 5.01. The van der Waals surface area contributed by atoms with Crippen LogP contribution in [0.15, 0.2) is 23.2 Å². The predicted octanol–water partition coefficient (Wildman–Crippen LogP) is 1.49. The van der Waals surface area contributed by atoms with Crippen molar-refractivity contribution in [2.75, 3.05) is 12.4 Å². The van der Waals surface area contributed by atoms with Crippen LogP contribution >= 0.6 is 35.0 Å². The van der Waals surface area contributed by atoms with E-state index in [1.165, 1.54) is 11.8 Å². The molecule has 1 aromatic rings. The molecule has 0 aliphatic carbocycles. The number of hydrogen-bond donors (Lipinski definition) is 3. The Morgan fingerprint density at radius 2 is 2.00 bits per heavy atom. The number of aliphatic imine (C=N–C) groups is 1. The highest BCUT2D eigenvalue weighted by molar-refractivity contribution is 8.14. The van der Waals surface area contributed by atoms with Crippen molar-refractivity contribution in [1.29, 1.82) is 0 Å². The molecule has 1 aromatic carbocycles. The van der Waals surface area contributed by atoms with E-state index in [1.807, 2.05) is 0 Å². The van der Waals surface area contributed by atoms with Crippen molar-refractivity contribution in [3.63, 3.8) is 0 Å². The molecule has 0 bridgehead atoms. The smallest absolute Gasteiger partial charge is 0.165 e. The van der Waals surface area contributed by atoms with Gasteiger partial charge in [0.25, 0.3) is 0 Å². The number of nitrogens with zero attached hydrogens (tertiary/aromatic N) is 2. The first-order chi connectivity index (χ1) is 10.0. The Hall–Kier alpha value is -0.500. The van der Waals surface area contributed by atoms with Crippen molar-refractivity contribution in [3.8, 4) is 0 Å². The second-order valence-corrected chi connectivity index (χ2v) is 6.81. The zero-order chi connectivity index (χ0) is 15.1. The number of thioether (sulfide) groups is 1. The minimum Gasteiger partial charge on any atom is -0.394 e. The van der Waals surface area contributed by atoms with E-state index in [0.29, 0.717) is 26.7 Å². The Kier molecular flexibility index (Phi) is 4.36. The average molecular weight is 349 g/mol. The normalized spacial score (nSPS) is 33.8. The van der Waals surface area contributed by atoms with Gasteiger partial charge in [-0.1, -0.05) is 35.0 Å². The van der Waals surface area contributed by atoms with Gasteiger partial charge < -0.3 is 20.2 Å². The minimum atomic E-state index is -0.972. The van der Waals surface area contributed by atoms with Gasteiger partial charge in [-0.15, -0.1) is 0 Å². The number of aliphatic hydroxyl groups excluding tert-OH is 3. The SMILES string of the molecule is OC[C@H]1[C@H](O)[C@@H](O)[C@@H]2CSC(=Nc3ccc(Cl)c(Cl)c3)N12. The first-order valence-electron chi connectivity index (χ1n) is 6.45. The van der Waals surface area contributed by atoms with Crippen LogP contribution in [0, 0.1) is 0 Å². The Balaban J connectivity index is 1.92. The molecule has 0 radical (unpaired) electrons. The van der Waals surface area contributed by atoms with Crippen LogP contribution in [0.5, 0.6) is 0 Å². The van der Waals surface area contributed by atoms with Crippen molar-refractivity contribution in [2.45, 2.75) is 24.3 Å². The summed E-state index contributed by atoms with van der Waals surface area (Å²) >= 11 is 13.3. The maximum absolute atomic E-state index is 10.0. The zero-order valence-electron chi connectivity index (χ0n) is 10.9. The Morgan fingerprint density at radius 1 is 1.24 bits per heavy atom. The summed E-state index contributed by atoms with van der Waals surface area (Å²) in [6, 6.07) is 4.29. The molecule has 2 aliphatic rings. The molecule has 3 N–H and O–H groups in total. The molecular weight excluding hydrogens is 335 g/mol. The van der Waals surface area contributed by atoms with E-state index in [4.69, 9.17) is 23.2 Å². The number of rotatable bonds is 2. The van der Waals surface area contributed by atoms with Crippen LogP contribution in [0.4, 0.5) is 5.69 Å². The summed E-state index contributed by atoms with van der Waals surface area (Å²) in [4.78, 5) is 6.29. The largest absolute Gasteiger partial charge is 0.394 e. The van der Waals surface area contributed by atoms with Gasteiger partial charge in [0.05, 0.1) is 34.4 Å². The lowest BCUT2D eigenvalue weighted by atomic mass is 10.1.